The van der Waals surface area contributed by atoms with Crippen LogP contribution in [0.5, 0.6) is 11.5 Å². The van der Waals surface area contributed by atoms with Crippen LogP contribution in [-0.2, 0) is 4.79 Å². The molecule has 0 unspecified atom stereocenters. The van der Waals surface area contributed by atoms with Crippen LogP contribution in [-0.4, -0.2) is 25.3 Å². The second-order valence-corrected chi connectivity index (χ2v) is 5.45. The second kappa shape index (κ2) is 5.72. The average molecular weight is 298 g/mol. The number of carbonyl (C=O) groups is 1. The molecule has 3 rings (SSSR count). The molecule has 1 N–H and O–H groups in total. The van der Waals surface area contributed by atoms with Crippen LogP contribution in [0.2, 0.25) is 0 Å². The lowest BCUT2D eigenvalue weighted by molar-refractivity contribution is -0.138. The number of hydrogen-bond donors (Lipinski definition) is 1. The highest BCUT2D eigenvalue weighted by Crippen LogP contribution is 2.48. The predicted octanol–water partition coefficient (Wildman–Crippen LogP) is 3.56. The Hall–Kier alpha value is -2.49. The Kier molecular flexibility index (Phi) is 3.75. The third-order valence-corrected chi connectivity index (χ3v) is 4.14. The number of carboxylic acids is 1. The van der Waals surface area contributed by atoms with Gasteiger partial charge in [-0.1, -0.05) is 36.4 Å². The summed E-state index contributed by atoms with van der Waals surface area (Å²) in [5.41, 5.74) is 3.01. The molecule has 0 heterocycles. The van der Waals surface area contributed by atoms with E-state index in [0.717, 1.165) is 16.7 Å². The van der Waals surface area contributed by atoms with Gasteiger partial charge in [-0.25, -0.2) is 0 Å². The molecule has 0 radical (unpaired) electrons. The van der Waals surface area contributed by atoms with Gasteiger partial charge in [0.25, 0.3) is 0 Å². The summed E-state index contributed by atoms with van der Waals surface area (Å²) < 4.78 is 10.8. The van der Waals surface area contributed by atoms with Crippen LogP contribution in [0.15, 0.2) is 42.5 Å². The third kappa shape index (κ3) is 2.52. The Bertz CT molecular complexity index is 708. The summed E-state index contributed by atoms with van der Waals surface area (Å²) in [6.45, 7) is 0. The summed E-state index contributed by atoms with van der Waals surface area (Å²) in [5, 5.41) is 9.09. The van der Waals surface area contributed by atoms with E-state index in [1.54, 1.807) is 14.2 Å². The number of hydrogen-bond acceptors (Lipinski definition) is 3. The van der Waals surface area contributed by atoms with Gasteiger partial charge in [-0.05, 0) is 29.5 Å². The maximum atomic E-state index is 11.0. The summed E-state index contributed by atoms with van der Waals surface area (Å²) in [5.74, 6) is 0.527. The molecule has 0 aliphatic heterocycles. The predicted molar refractivity (Wildman–Crippen MR) is 83.5 cm³/mol. The summed E-state index contributed by atoms with van der Waals surface area (Å²) in [6, 6.07) is 13.7. The van der Waals surface area contributed by atoms with Gasteiger partial charge in [0.05, 0.1) is 20.1 Å². The molecule has 0 saturated heterocycles. The maximum absolute atomic E-state index is 11.0. The van der Waals surface area contributed by atoms with Crippen LogP contribution in [0, 0.1) is 5.92 Å². The van der Waals surface area contributed by atoms with Crippen molar-refractivity contribution in [3.8, 4) is 22.6 Å². The molecule has 1 fully saturated rings. The quantitative estimate of drug-likeness (QED) is 0.917. The SMILES string of the molecule is COc1cccc(-c2cccc([C@@H]3C[C@H]3C(=O)O)c2)c1OC. The van der Waals surface area contributed by atoms with Gasteiger partial charge in [0.15, 0.2) is 11.5 Å². The Balaban J connectivity index is 1.98. The van der Waals surface area contributed by atoms with Gasteiger partial charge >= 0.3 is 5.97 Å². The molecule has 2 atom stereocenters. The number of rotatable bonds is 5. The summed E-state index contributed by atoms with van der Waals surface area (Å²) in [6.07, 6.45) is 0.716. The molecule has 1 aliphatic rings. The maximum Gasteiger partial charge on any atom is 0.307 e. The molecule has 0 aromatic heterocycles. The molecular weight excluding hydrogens is 280 g/mol. The van der Waals surface area contributed by atoms with Crippen molar-refractivity contribution in [1.29, 1.82) is 0 Å². The van der Waals surface area contributed by atoms with Crippen molar-refractivity contribution in [2.24, 2.45) is 5.92 Å². The number of carboxylic acid groups (broad SMARTS) is 1. The Morgan fingerprint density at radius 1 is 1.14 bits per heavy atom. The lowest BCUT2D eigenvalue weighted by Crippen LogP contribution is -1.99. The molecular formula is C18H18O4. The van der Waals surface area contributed by atoms with Crippen molar-refractivity contribution >= 4 is 5.97 Å². The fourth-order valence-corrected chi connectivity index (χ4v) is 2.89. The fraction of sp³-hybridized carbons (Fsp3) is 0.278. The molecule has 1 aliphatic carbocycles. The van der Waals surface area contributed by atoms with E-state index in [9.17, 15) is 4.79 Å². The number of para-hydroxylation sites is 1. The molecule has 0 bridgehead atoms. The molecule has 4 nitrogen and oxygen atoms in total. The van der Waals surface area contributed by atoms with Crippen molar-refractivity contribution in [2.75, 3.05) is 14.2 Å². The van der Waals surface area contributed by atoms with Gasteiger partial charge in [0.1, 0.15) is 0 Å². The van der Waals surface area contributed by atoms with Crippen LogP contribution in [0.4, 0.5) is 0 Å². The molecule has 0 spiro atoms. The van der Waals surface area contributed by atoms with E-state index in [4.69, 9.17) is 14.6 Å². The number of aliphatic carboxylic acids is 1. The Morgan fingerprint density at radius 2 is 1.91 bits per heavy atom. The van der Waals surface area contributed by atoms with E-state index in [1.807, 2.05) is 42.5 Å². The minimum absolute atomic E-state index is 0.119. The van der Waals surface area contributed by atoms with E-state index in [0.29, 0.717) is 17.9 Å². The largest absolute Gasteiger partial charge is 0.493 e. The zero-order chi connectivity index (χ0) is 15.7. The van der Waals surface area contributed by atoms with Crippen molar-refractivity contribution < 1.29 is 19.4 Å². The van der Waals surface area contributed by atoms with Gasteiger partial charge in [0.2, 0.25) is 0 Å². The van der Waals surface area contributed by atoms with Crippen LogP contribution >= 0.6 is 0 Å². The first-order valence-corrected chi connectivity index (χ1v) is 7.20. The minimum atomic E-state index is -0.714. The highest BCUT2D eigenvalue weighted by atomic mass is 16.5. The van der Waals surface area contributed by atoms with Crippen molar-refractivity contribution in [3.63, 3.8) is 0 Å². The normalized spacial score (nSPS) is 19.5. The highest BCUT2D eigenvalue weighted by molar-refractivity contribution is 5.77. The van der Waals surface area contributed by atoms with Gasteiger partial charge < -0.3 is 14.6 Å². The summed E-state index contributed by atoms with van der Waals surface area (Å²) >= 11 is 0. The molecule has 2 aromatic rings. The zero-order valence-corrected chi connectivity index (χ0v) is 12.6. The Morgan fingerprint density at radius 3 is 2.55 bits per heavy atom. The topological polar surface area (TPSA) is 55.8 Å². The molecule has 4 heteroatoms. The highest BCUT2D eigenvalue weighted by Gasteiger charge is 2.44. The van der Waals surface area contributed by atoms with E-state index < -0.39 is 5.97 Å². The lowest BCUT2D eigenvalue weighted by Gasteiger charge is -2.13. The van der Waals surface area contributed by atoms with Gasteiger partial charge in [-0.3, -0.25) is 4.79 Å². The molecule has 2 aromatic carbocycles. The van der Waals surface area contributed by atoms with Crippen LogP contribution in [0.3, 0.4) is 0 Å². The van der Waals surface area contributed by atoms with Crippen molar-refractivity contribution in [2.45, 2.75) is 12.3 Å². The molecule has 22 heavy (non-hydrogen) atoms. The molecule has 0 amide bonds. The van der Waals surface area contributed by atoms with E-state index in [-0.39, 0.29) is 11.8 Å². The van der Waals surface area contributed by atoms with Crippen LogP contribution < -0.4 is 9.47 Å². The first kappa shape index (κ1) is 14.4. The molecule has 1 saturated carbocycles. The standard InChI is InChI=1S/C18H18O4/c1-21-16-8-4-7-13(17(16)22-2)11-5-3-6-12(9-11)14-10-15(14)18(19)20/h3-9,14-15H,10H2,1-2H3,(H,19,20)/t14-,15+/m0/s1. The zero-order valence-electron chi connectivity index (χ0n) is 12.6. The number of methoxy groups -OCH3 is 2. The molecule has 114 valence electrons. The first-order valence-electron chi connectivity index (χ1n) is 7.20. The summed E-state index contributed by atoms with van der Waals surface area (Å²) in [4.78, 5) is 11.0. The van der Waals surface area contributed by atoms with E-state index >= 15 is 0 Å². The van der Waals surface area contributed by atoms with Crippen LogP contribution in [0.1, 0.15) is 17.9 Å². The van der Waals surface area contributed by atoms with Gasteiger partial charge in [0, 0.05) is 5.56 Å². The van der Waals surface area contributed by atoms with E-state index in [1.165, 1.54) is 0 Å². The second-order valence-electron chi connectivity index (χ2n) is 5.45. The van der Waals surface area contributed by atoms with Crippen molar-refractivity contribution in [3.05, 3.63) is 48.0 Å². The van der Waals surface area contributed by atoms with Gasteiger partial charge in [-0.2, -0.15) is 0 Å². The average Bonchev–Trinajstić information content (AvgIpc) is 3.35. The Labute approximate surface area is 129 Å². The third-order valence-electron chi connectivity index (χ3n) is 4.14. The minimum Gasteiger partial charge on any atom is -0.493 e. The fourth-order valence-electron chi connectivity index (χ4n) is 2.89. The monoisotopic (exact) mass is 298 g/mol. The number of ether oxygens (including phenoxy) is 2. The lowest BCUT2D eigenvalue weighted by atomic mass is 9.99. The summed E-state index contributed by atoms with van der Waals surface area (Å²) in [7, 11) is 3.23. The number of benzene rings is 2. The van der Waals surface area contributed by atoms with Crippen LogP contribution in [0.25, 0.3) is 11.1 Å². The van der Waals surface area contributed by atoms with Crippen molar-refractivity contribution in [1.82, 2.24) is 0 Å². The van der Waals surface area contributed by atoms with E-state index in [2.05, 4.69) is 0 Å². The smallest absolute Gasteiger partial charge is 0.307 e. The van der Waals surface area contributed by atoms with Gasteiger partial charge in [-0.15, -0.1) is 0 Å². The first-order chi connectivity index (χ1) is 10.7.